The van der Waals surface area contributed by atoms with Gasteiger partial charge in [0.25, 0.3) is 0 Å². The third-order valence-corrected chi connectivity index (χ3v) is 3.49. The number of ether oxygens (including phenoxy) is 1. The highest BCUT2D eigenvalue weighted by atomic mass is 16.5. The van der Waals surface area contributed by atoms with E-state index in [1.165, 1.54) is 26.0 Å². The summed E-state index contributed by atoms with van der Waals surface area (Å²) in [5, 5.41) is 19.6. The summed E-state index contributed by atoms with van der Waals surface area (Å²) < 4.78 is 5.10. The Bertz CT molecular complexity index is 466. The van der Waals surface area contributed by atoms with Crippen LogP contribution in [0.15, 0.2) is 6.07 Å². The van der Waals surface area contributed by atoms with Crippen LogP contribution in [-0.4, -0.2) is 23.1 Å². The van der Waals surface area contributed by atoms with Gasteiger partial charge in [-0.1, -0.05) is 32.6 Å². The van der Waals surface area contributed by atoms with E-state index in [9.17, 15) is 15.0 Å². The fraction of sp³-hybridized carbons (Fsp3) is 0.562. The molecule has 0 saturated heterocycles. The molecule has 0 aliphatic carbocycles. The Labute approximate surface area is 120 Å². The van der Waals surface area contributed by atoms with E-state index in [2.05, 4.69) is 6.92 Å². The number of unbranched alkanes of at least 4 members (excludes halogenated alkanes) is 4. The lowest BCUT2D eigenvalue weighted by Gasteiger charge is -2.13. The SMILES string of the molecule is CCCCCCCC(=O)c1cc(O)c(C)c(O)c1OC. The summed E-state index contributed by atoms with van der Waals surface area (Å²) in [7, 11) is 1.41. The highest BCUT2D eigenvalue weighted by molar-refractivity contribution is 6.00. The fourth-order valence-corrected chi connectivity index (χ4v) is 2.17. The third-order valence-electron chi connectivity index (χ3n) is 3.49. The Morgan fingerprint density at radius 2 is 1.85 bits per heavy atom. The highest BCUT2D eigenvalue weighted by Crippen LogP contribution is 2.39. The van der Waals surface area contributed by atoms with Crippen molar-refractivity contribution in [2.75, 3.05) is 7.11 Å². The third kappa shape index (κ3) is 3.89. The molecule has 0 amide bonds. The van der Waals surface area contributed by atoms with Crippen LogP contribution in [0.1, 0.15) is 61.4 Å². The number of carbonyl (C=O) groups is 1. The van der Waals surface area contributed by atoms with Gasteiger partial charge in [0, 0.05) is 12.0 Å². The topological polar surface area (TPSA) is 66.8 Å². The summed E-state index contributed by atoms with van der Waals surface area (Å²) in [5.41, 5.74) is 0.574. The molecule has 0 aromatic heterocycles. The van der Waals surface area contributed by atoms with Crippen LogP contribution in [-0.2, 0) is 0 Å². The molecule has 0 spiro atoms. The monoisotopic (exact) mass is 280 g/mol. The molecular formula is C16H24O4. The summed E-state index contributed by atoms with van der Waals surface area (Å²) in [6.45, 7) is 3.72. The second-order valence-electron chi connectivity index (χ2n) is 5.04. The van der Waals surface area contributed by atoms with Gasteiger partial charge in [-0.2, -0.15) is 0 Å². The molecule has 20 heavy (non-hydrogen) atoms. The first-order valence-corrected chi connectivity index (χ1v) is 7.15. The van der Waals surface area contributed by atoms with Crippen molar-refractivity contribution in [3.8, 4) is 17.2 Å². The quantitative estimate of drug-likeness (QED) is 0.558. The molecule has 4 nitrogen and oxygen atoms in total. The van der Waals surface area contributed by atoms with Crippen LogP contribution in [0.3, 0.4) is 0 Å². The molecule has 0 atom stereocenters. The number of benzene rings is 1. The predicted octanol–water partition coefficient (Wildman–Crippen LogP) is 3.96. The summed E-state index contributed by atoms with van der Waals surface area (Å²) in [6.07, 6.45) is 5.72. The van der Waals surface area contributed by atoms with Gasteiger partial charge < -0.3 is 14.9 Å². The largest absolute Gasteiger partial charge is 0.508 e. The highest BCUT2D eigenvalue weighted by Gasteiger charge is 2.20. The molecule has 1 aromatic carbocycles. The number of methoxy groups -OCH3 is 1. The molecule has 1 aromatic rings. The second kappa shape index (κ2) is 7.78. The first-order valence-electron chi connectivity index (χ1n) is 7.15. The van der Waals surface area contributed by atoms with Gasteiger partial charge in [-0.05, 0) is 19.4 Å². The van der Waals surface area contributed by atoms with Crippen LogP contribution in [0.4, 0.5) is 0 Å². The van der Waals surface area contributed by atoms with Gasteiger partial charge in [-0.15, -0.1) is 0 Å². The summed E-state index contributed by atoms with van der Waals surface area (Å²) in [4.78, 5) is 12.2. The number of carbonyl (C=O) groups excluding carboxylic acids is 1. The summed E-state index contributed by atoms with van der Waals surface area (Å²) >= 11 is 0. The Balaban J connectivity index is 2.77. The maximum absolute atomic E-state index is 12.2. The van der Waals surface area contributed by atoms with E-state index < -0.39 is 0 Å². The van der Waals surface area contributed by atoms with Gasteiger partial charge >= 0.3 is 0 Å². The van der Waals surface area contributed by atoms with E-state index in [4.69, 9.17) is 4.74 Å². The number of ketones is 1. The lowest BCUT2D eigenvalue weighted by atomic mass is 10.00. The lowest BCUT2D eigenvalue weighted by molar-refractivity contribution is 0.0975. The van der Waals surface area contributed by atoms with Crippen LogP contribution in [0.5, 0.6) is 17.2 Å². The van der Waals surface area contributed by atoms with Crippen LogP contribution in [0, 0.1) is 6.92 Å². The van der Waals surface area contributed by atoms with E-state index in [1.54, 1.807) is 6.92 Å². The van der Waals surface area contributed by atoms with Crippen molar-refractivity contribution in [3.05, 3.63) is 17.2 Å². The molecule has 4 heteroatoms. The van der Waals surface area contributed by atoms with E-state index >= 15 is 0 Å². The van der Waals surface area contributed by atoms with Crippen molar-refractivity contribution in [2.45, 2.75) is 52.4 Å². The zero-order chi connectivity index (χ0) is 15.1. The molecule has 2 N–H and O–H groups in total. The normalized spacial score (nSPS) is 10.6. The average molecular weight is 280 g/mol. The van der Waals surface area contributed by atoms with Crippen molar-refractivity contribution in [3.63, 3.8) is 0 Å². The summed E-state index contributed by atoms with van der Waals surface area (Å²) in [6, 6.07) is 1.38. The number of phenolic OH excluding ortho intramolecular Hbond substituents is 2. The summed E-state index contributed by atoms with van der Waals surface area (Å²) in [5.74, 6) is -0.206. The molecule has 0 aliphatic heterocycles. The zero-order valence-corrected chi connectivity index (χ0v) is 12.5. The molecular weight excluding hydrogens is 256 g/mol. The molecule has 1 rings (SSSR count). The molecule has 0 saturated carbocycles. The smallest absolute Gasteiger partial charge is 0.171 e. The van der Waals surface area contributed by atoms with Crippen LogP contribution >= 0.6 is 0 Å². The Kier molecular flexibility index (Phi) is 6.36. The maximum Gasteiger partial charge on any atom is 0.171 e. The van der Waals surface area contributed by atoms with E-state index in [-0.39, 0.29) is 28.6 Å². The van der Waals surface area contributed by atoms with Crippen molar-refractivity contribution in [1.82, 2.24) is 0 Å². The predicted molar refractivity (Wildman–Crippen MR) is 78.8 cm³/mol. The minimum Gasteiger partial charge on any atom is -0.508 e. The fourth-order valence-electron chi connectivity index (χ4n) is 2.17. The van der Waals surface area contributed by atoms with Crippen molar-refractivity contribution in [2.24, 2.45) is 0 Å². The molecule has 0 heterocycles. The van der Waals surface area contributed by atoms with Crippen molar-refractivity contribution >= 4 is 5.78 Å². The number of hydrogen-bond donors (Lipinski definition) is 2. The molecule has 112 valence electrons. The number of rotatable bonds is 8. The molecule has 0 aliphatic rings. The van der Waals surface area contributed by atoms with E-state index in [1.807, 2.05) is 0 Å². The standard InChI is InChI=1S/C16H24O4/c1-4-5-6-7-8-9-13(17)12-10-14(18)11(2)15(19)16(12)20-3/h10,18-19H,4-9H2,1-3H3. The van der Waals surface area contributed by atoms with E-state index in [0.717, 1.165) is 19.3 Å². The van der Waals surface area contributed by atoms with Crippen LogP contribution in [0.25, 0.3) is 0 Å². The van der Waals surface area contributed by atoms with Gasteiger partial charge in [0.2, 0.25) is 0 Å². The van der Waals surface area contributed by atoms with Crippen molar-refractivity contribution in [1.29, 1.82) is 0 Å². The van der Waals surface area contributed by atoms with Gasteiger partial charge in [-0.3, -0.25) is 4.79 Å². The second-order valence-corrected chi connectivity index (χ2v) is 5.04. The molecule has 0 radical (unpaired) electrons. The Morgan fingerprint density at radius 3 is 2.45 bits per heavy atom. The number of aromatic hydroxyl groups is 2. The zero-order valence-electron chi connectivity index (χ0n) is 12.5. The number of phenols is 2. The molecule has 0 bridgehead atoms. The molecule has 0 unspecified atom stereocenters. The molecule has 0 fully saturated rings. The van der Waals surface area contributed by atoms with Gasteiger partial charge in [0.15, 0.2) is 17.3 Å². The van der Waals surface area contributed by atoms with Gasteiger partial charge in [0.1, 0.15) is 5.75 Å². The van der Waals surface area contributed by atoms with Crippen LogP contribution < -0.4 is 4.74 Å². The van der Waals surface area contributed by atoms with Gasteiger partial charge in [0.05, 0.1) is 12.7 Å². The maximum atomic E-state index is 12.2. The minimum atomic E-state index is -0.165. The lowest BCUT2D eigenvalue weighted by Crippen LogP contribution is -2.03. The van der Waals surface area contributed by atoms with Crippen molar-refractivity contribution < 1.29 is 19.7 Å². The first-order chi connectivity index (χ1) is 9.52. The Morgan fingerprint density at radius 1 is 1.20 bits per heavy atom. The number of hydrogen-bond acceptors (Lipinski definition) is 4. The van der Waals surface area contributed by atoms with Gasteiger partial charge in [-0.25, -0.2) is 0 Å². The minimum absolute atomic E-state index is 0.0855. The Hall–Kier alpha value is -1.71. The average Bonchev–Trinajstić information content (AvgIpc) is 2.44. The number of Topliss-reactive ketones (excluding diaryl/α,β-unsaturated/α-hetero) is 1. The first kappa shape index (κ1) is 16.3. The van der Waals surface area contributed by atoms with E-state index in [0.29, 0.717) is 12.0 Å². The van der Waals surface area contributed by atoms with Crippen LogP contribution in [0.2, 0.25) is 0 Å².